The summed E-state index contributed by atoms with van der Waals surface area (Å²) in [6, 6.07) is 0.272. The van der Waals surface area contributed by atoms with E-state index in [-0.39, 0.29) is 42.7 Å². The van der Waals surface area contributed by atoms with E-state index in [1.54, 1.807) is 0 Å². The Morgan fingerprint density at radius 1 is 1.24 bits per heavy atom. The second kappa shape index (κ2) is 8.68. The summed E-state index contributed by atoms with van der Waals surface area (Å²) in [6.07, 6.45) is 5.11. The van der Waals surface area contributed by atoms with Crippen LogP contribution in [0.5, 0.6) is 0 Å². The van der Waals surface area contributed by atoms with Crippen LogP contribution in [-0.2, 0) is 14.4 Å². The average molecular weight is 352 g/mol. The highest BCUT2D eigenvalue weighted by Gasteiger charge is 2.38. The molecular weight excluding hydrogens is 320 g/mol. The van der Waals surface area contributed by atoms with Gasteiger partial charge in [-0.2, -0.15) is 0 Å². The third kappa shape index (κ3) is 5.44. The van der Waals surface area contributed by atoms with Crippen LogP contribution in [0.2, 0.25) is 0 Å². The molecule has 0 spiro atoms. The fraction of sp³-hybridized carbons (Fsp3) is 0.842. The molecule has 2 rings (SSSR count). The number of carbonyl (C=O) groups is 3. The number of amides is 2. The molecular formula is C19H32N2O4. The van der Waals surface area contributed by atoms with Crippen molar-refractivity contribution in [3.8, 4) is 0 Å². The molecule has 6 heteroatoms. The molecule has 2 amide bonds. The Balaban J connectivity index is 1.84. The average Bonchev–Trinajstić information content (AvgIpc) is 2.93. The van der Waals surface area contributed by atoms with E-state index in [2.05, 4.69) is 12.2 Å². The molecule has 0 aromatic carbocycles. The highest BCUT2D eigenvalue weighted by Crippen LogP contribution is 2.31. The first kappa shape index (κ1) is 19.7. The largest absolute Gasteiger partial charge is 0.481 e. The maximum Gasteiger partial charge on any atom is 0.308 e. The van der Waals surface area contributed by atoms with Gasteiger partial charge in [0.25, 0.3) is 0 Å². The minimum Gasteiger partial charge on any atom is -0.481 e. The second-order valence-corrected chi connectivity index (χ2v) is 8.27. The number of nitrogens with one attached hydrogen (secondary N) is 1. The van der Waals surface area contributed by atoms with Gasteiger partial charge in [-0.25, -0.2) is 0 Å². The third-order valence-corrected chi connectivity index (χ3v) is 5.58. The summed E-state index contributed by atoms with van der Waals surface area (Å²) in [7, 11) is 0. The molecule has 0 aromatic rings. The maximum absolute atomic E-state index is 12.4. The van der Waals surface area contributed by atoms with Crippen molar-refractivity contribution < 1.29 is 19.5 Å². The third-order valence-electron chi connectivity index (χ3n) is 5.58. The van der Waals surface area contributed by atoms with Crippen LogP contribution in [0.1, 0.15) is 59.3 Å². The number of carbonyl (C=O) groups excluding carboxylic acids is 2. The Morgan fingerprint density at radius 2 is 1.88 bits per heavy atom. The normalized spacial score (nSPS) is 28.2. The molecule has 1 heterocycles. The highest BCUT2D eigenvalue weighted by molar-refractivity contribution is 5.89. The zero-order valence-electron chi connectivity index (χ0n) is 15.7. The van der Waals surface area contributed by atoms with Crippen molar-refractivity contribution in [3.63, 3.8) is 0 Å². The van der Waals surface area contributed by atoms with Crippen LogP contribution in [0.4, 0.5) is 0 Å². The maximum atomic E-state index is 12.4. The van der Waals surface area contributed by atoms with Crippen LogP contribution < -0.4 is 5.32 Å². The predicted molar refractivity (Wildman–Crippen MR) is 94.8 cm³/mol. The molecule has 142 valence electrons. The molecule has 1 saturated heterocycles. The summed E-state index contributed by atoms with van der Waals surface area (Å²) in [6.45, 7) is 6.80. The van der Waals surface area contributed by atoms with Gasteiger partial charge in [-0.1, -0.05) is 20.8 Å². The molecule has 2 unspecified atom stereocenters. The fourth-order valence-corrected chi connectivity index (χ4v) is 4.02. The number of carboxylic acid groups (broad SMARTS) is 1. The van der Waals surface area contributed by atoms with Gasteiger partial charge in [0, 0.05) is 25.6 Å². The quantitative estimate of drug-likeness (QED) is 0.736. The van der Waals surface area contributed by atoms with Gasteiger partial charge >= 0.3 is 5.97 Å². The molecule has 0 bridgehead atoms. The number of nitrogens with zero attached hydrogens (tertiary/aromatic N) is 1. The second-order valence-electron chi connectivity index (χ2n) is 8.27. The summed E-state index contributed by atoms with van der Waals surface area (Å²) < 4.78 is 0. The van der Waals surface area contributed by atoms with Crippen molar-refractivity contribution in [2.24, 2.45) is 23.7 Å². The van der Waals surface area contributed by atoms with E-state index in [0.717, 1.165) is 31.6 Å². The van der Waals surface area contributed by atoms with E-state index < -0.39 is 11.9 Å². The molecule has 2 fully saturated rings. The summed E-state index contributed by atoms with van der Waals surface area (Å²) in [4.78, 5) is 37.9. The Hall–Kier alpha value is -1.59. The molecule has 1 aliphatic heterocycles. The summed E-state index contributed by atoms with van der Waals surface area (Å²) >= 11 is 0. The molecule has 1 saturated carbocycles. The Bertz CT molecular complexity index is 498. The van der Waals surface area contributed by atoms with Gasteiger partial charge in [0.2, 0.25) is 11.8 Å². The number of rotatable bonds is 7. The Labute approximate surface area is 150 Å². The van der Waals surface area contributed by atoms with Crippen LogP contribution in [0, 0.1) is 23.7 Å². The first-order valence-electron chi connectivity index (χ1n) is 9.57. The van der Waals surface area contributed by atoms with E-state index in [0.29, 0.717) is 13.0 Å². The van der Waals surface area contributed by atoms with E-state index in [4.69, 9.17) is 0 Å². The van der Waals surface area contributed by atoms with Crippen molar-refractivity contribution in [2.75, 3.05) is 13.1 Å². The lowest BCUT2D eigenvalue weighted by atomic mass is 9.87. The lowest BCUT2D eigenvalue weighted by Gasteiger charge is -2.33. The molecule has 6 nitrogen and oxygen atoms in total. The summed E-state index contributed by atoms with van der Waals surface area (Å²) in [5, 5.41) is 12.0. The van der Waals surface area contributed by atoms with Crippen LogP contribution in [0.3, 0.4) is 0 Å². The summed E-state index contributed by atoms with van der Waals surface area (Å²) in [5.41, 5.74) is 0. The lowest BCUT2D eigenvalue weighted by molar-refractivity contribution is -0.142. The Morgan fingerprint density at radius 3 is 2.44 bits per heavy atom. The Kier molecular flexibility index (Phi) is 6.85. The monoisotopic (exact) mass is 352 g/mol. The van der Waals surface area contributed by atoms with Gasteiger partial charge in [-0.15, -0.1) is 0 Å². The van der Waals surface area contributed by atoms with E-state index >= 15 is 0 Å². The van der Waals surface area contributed by atoms with E-state index in [9.17, 15) is 19.5 Å². The molecule has 2 aliphatic rings. The molecule has 25 heavy (non-hydrogen) atoms. The summed E-state index contributed by atoms with van der Waals surface area (Å²) in [5.74, 6) is -0.935. The zero-order valence-corrected chi connectivity index (χ0v) is 15.7. The van der Waals surface area contributed by atoms with Crippen LogP contribution >= 0.6 is 0 Å². The smallest absolute Gasteiger partial charge is 0.308 e. The van der Waals surface area contributed by atoms with Crippen LogP contribution in [0.15, 0.2) is 0 Å². The van der Waals surface area contributed by atoms with Crippen molar-refractivity contribution in [3.05, 3.63) is 0 Å². The minimum atomic E-state index is -0.880. The fourth-order valence-electron chi connectivity index (χ4n) is 4.02. The number of aliphatic carboxylic acids is 1. The van der Waals surface area contributed by atoms with Gasteiger partial charge in [0.05, 0.1) is 11.8 Å². The number of hydrogen-bond donors (Lipinski definition) is 2. The van der Waals surface area contributed by atoms with Crippen molar-refractivity contribution >= 4 is 17.8 Å². The minimum absolute atomic E-state index is 0.0664. The van der Waals surface area contributed by atoms with Gasteiger partial charge in [-0.05, 0) is 43.9 Å². The lowest BCUT2D eigenvalue weighted by Crippen LogP contribution is -2.41. The molecule has 1 aliphatic carbocycles. The first-order valence-corrected chi connectivity index (χ1v) is 9.57. The molecule has 2 N–H and O–H groups in total. The first-order chi connectivity index (χ1) is 11.8. The van der Waals surface area contributed by atoms with Crippen molar-refractivity contribution in [1.29, 1.82) is 0 Å². The molecule has 2 atom stereocenters. The zero-order chi connectivity index (χ0) is 18.6. The van der Waals surface area contributed by atoms with Gasteiger partial charge < -0.3 is 15.3 Å². The van der Waals surface area contributed by atoms with Crippen molar-refractivity contribution in [1.82, 2.24) is 10.2 Å². The molecule has 0 aromatic heterocycles. The SMILES string of the molecule is CC(C)CC(CNC(=O)C1CC(=O)N(C2CCC(C)CC2)C1)C(=O)O. The standard InChI is InChI=1S/C19H32N2O4/c1-12(2)8-14(19(24)25)10-20-18(23)15-9-17(22)21(11-15)16-6-4-13(3)5-7-16/h12-16H,4-11H2,1-3H3,(H,20,23)(H,24,25). The van der Waals surface area contributed by atoms with Gasteiger partial charge in [0.1, 0.15) is 0 Å². The topological polar surface area (TPSA) is 86.7 Å². The highest BCUT2D eigenvalue weighted by atomic mass is 16.4. The van der Waals surface area contributed by atoms with E-state index in [1.165, 1.54) is 0 Å². The van der Waals surface area contributed by atoms with Gasteiger partial charge in [0.15, 0.2) is 0 Å². The van der Waals surface area contributed by atoms with E-state index in [1.807, 2.05) is 18.7 Å². The van der Waals surface area contributed by atoms with Crippen LogP contribution in [0.25, 0.3) is 0 Å². The number of carboxylic acids is 1. The van der Waals surface area contributed by atoms with Crippen molar-refractivity contribution in [2.45, 2.75) is 65.3 Å². The number of likely N-dealkylation sites (tertiary alicyclic amines) is 1. The molecule has 0 radical (unpaired) electrons. The van der Waals surface area contributed by atoms with Gasteiger partial charge in [-0.3, -0.25) is 14.4 Å². The number of hydrogen-bond acceptors (Lipinski definition) is 3. The van der Waals surface area contributed by atoms with Crippen LogP contribution in [-0.4, -0.2) is 46.9 Å². The predicted octanol–water partition coefficient (Wildman–Crippen LogP) is 2.28.